The number of benzene rings is 1. The second kappa shape index (κ2) is 7.85. The number of hydrogen-bond acceptors (Lipinski definition) is 5. The molecule has 1 aromatic rings. The summed E-state index contributed by atoms with van der Waals surface area (Å²) in [6, 6.07) is 5.33. The molecule has 0 saturated carbocycles. The molecule has 4 N–H and O–H groups in total. The average molecular weight is 292 g/mol. The molecule has 0 aliphatic carbocycles. The number of carbonyl (C=O) groups excluding carboxylic acids is 1. The van der Waals surface area contributed by atoms with Gasteiger partial charge in [-0.3, -0.25) is 9.69 Å². The Morgan fingerprint density at radius 2 is 2.14 bits per heavy atom. The Balaban J connectivity index is 1.76. The molecule has 1 saturated heterocycles. The fourth-order valence-corrected chi connectivity index (χ4v) is 2.36. The van der Waals surface area contributed by atoms with E-state index in [1.54, 1.807) is 19.2 Å². The molecule has 6 heteroatoms. The molecule has 0 radical (unpaired) electrons. The summed E-state index contributed by atoms with van der Waals surface area (Å²) < 4.78 is 5.32. The van der Waals surface area contributed by atoms with E-state index in [-0.39, 0.29) is 5.91 Å². The molecule has 1 amide bonds. The Bertz CT molecular complexity index is 473. The minimum atomic E-state index is -0.124. The Kier molecular flexibility index (Phi) is 5.83. The van der Waals surface area contributed by atoms with E-state index in [9.17, 15) is 4.79 Å². The second-order valence-corrected chi connectivity index (χ2v) is 5.12. The van der Waals surface area contributed by atoms with Gasteiger partial charge in [-0.2, -0.15) is 0 Å². The molecule has 0 spiro atoms. The predicted molar refractivity (Wildman–Crippen MR) is 84.6 cm³/mol. The van der Waals surface area contributed by atoms with Gasteiger partial charge >= 0.3 is 0 Å². The summed E-state index contributed by atoms with van der Waals surface area (Å²) in [7, 11) is 1.61. The zero-order valence-electron chi connectivity index (χ0n) is 12.5. The van der Waals surface area contributed by atoms with Crippen LogP contribution in [0.15, 0.2) is 18.2 Å². The van der Waals surface area contributed by atoms with Gasteiger partial charge < -0.3 is 21.1 Å². The number of ether oxygens (including phenoxy) is 1. The molecule has 2 rings (SSSR count). The maximum absolute atomic E-state index is 11.5. The van der Waals surface area contributed by atoms with Crippen LogP contribution in [0.25, 0.3) is 0 Å². The lowest BCUT2D eigenvalue weighted by Crippen LogP contribution is -2.37. The molecular formula is C15H24N4O2. The third-order valence-electron chi connectivity index (χ3n) is 3.61. The van der Waals surface area contributed by atoms with Gasteiger partial charge in [0, 0.05) is 32.2 Å². The minimum absolute atomic E-state index is 0.124. The van der Waals surface area contributed by atoms with Crippen LogP contribution in [0, 0.1) is 0 Å². The van der Waals surface area contributed by atoms with E-state index < -0.39 is 0 Å². The fraction of sp³-hybridized carbons (Fsp3) is 0.533. The van der Waals surface area contributed by atoms with Crippen molar-refractivity contribution in [2.75, 3.05) is 57.5 Å². The maximum Gasteiger partial charge on any atom is 0.251 e. The van der Waals surface area contributed by atoms with Crippen LogP contribution in [0.2, 0.25) is 0 Å². The second-order valence-electron chi connectivity index (χ2n) is 5.12. The van der Waals surface area contributed by atoms with E-state index in [1.165, 1.54) is 0 Å². The summed E-state index contributed by atoms with van der Waals surface area (Å²) >= 11 is 0. The van der Waals surface area contributed by atoms with E-state index in [2.05, 4.69) is 15.5 Å². The van der Waals surface area contributed by atoms with Gasteiger partial charge in [0.05, 0.1) is 24.6 Å². The average Bonchev–Trinajstić information content (AvgIpc) is 2.53. The molecule has 1 heterocycles. The molecule has 6 nitrogen and oxygen atoms in total. The van der Waals surface area contributed by atoms with Crippen molar-refractivity contribution in [1.82, 2.24) is 10.2 Å². The Morgan fingerprint density at radius 1 is 1.38 bits per heavy atom. The first-order valence-corrected chi connectivity index (χ1v) is 7.36. The quantitative estimate of drug-likeness (QED) is 0.533. The first-order valence-electron chi connectivity index (χ1n) is 7.36. The van der Waals surface area contributed by atoms with Gasteiger partial charge in [0.1, 0.15) is 0 Å². The zero-order valence-corrected chi connectivity index (χ0v) is 12.5. The monoisotopic (exact) mass is 292 g/mol. The topological polar surface area (TPSA) is 79.6 Å². The van der Waals surface area contributed by atoms with Gasteiger partial charge in [0.25, 0.3) is 5.91 Å². The summed E-state index contributed by atoms with van der Waals surface area (Å²) in [5.74, 6) is -0.124. The number of morpholine rings is 1. The SMILES string of the molecule is CNC(=O)c1ccc(NCCCN2CCOCC2)c(N)c1. The normalized spacial score (nSPS) is 15.7. The summed E-state index contributed by atoms with van der Waals surface area (Å²) in [5.41, 5.74) is 8.03. The van der Waals surface area contributed by atoms with E-state index in [0.717, 1.165) is 51.5 Å². The van der Waals surface area contributed by atoms with Crippen molar-refractivity contribution in [1.29, 1.82) is 0 Å². The number of nitrogens with zero attached hydrogens (tertiary/aromatic N) is 1. The molecule has 1 aliphatic heterocycles. The molecule has 1 fully saturated rings. The molecule has 0 unspecified atom stereocenters. The number of carbonyl (C=O) groups is 1. The highest BCUT2D eigenvalue weighted by atomic mass is 16.5. The van der Waals surface area contributed by atoms with Crippen LogP contribution < -0.4 is 16.4 Å². The first-order chi connectivity index (χ1) is 10.2. The van der Waals surface area contributed by atoms with E-state index in [4.69, 9.17) is 10.5 Å². The third kappa shape index (κ3) is 4.61. The molecule has 0 aromatic heterocycles. The Morgan fingerprint density at radius 3 is 2.81 bits per heavy atom. The number of anilines is 2. The number of nitrogens with two attached hydrogens (primary N) is 1. The van der Waals surface area contributed by atoms with Crippen LogP contribution in [0.1, 0.15) is 16.8 Å². The zero-order chi connectivity index (χ0) is 15.1. The highest BCUT2D eigenvalue weighted by Crippen LogP contribution is 2.19. The number of hydrogen-bond donors (Lipinski definition) is 3. The van der Waals surface area contributed by atoms with Gasteiger partial charge in [-0.1, -0.05) is 0 Å². The lowest BCUT2D eigenvalue weighted by Gasteiger charge is -2.26. The van der Waals surface area contributed by atoms with Crippen molar-refractivity contribution in [3.05, 3.63) is 23.8 Å². The molecule has 1 aliphatic rings. The third-order valence-corrected chi connectivity index (χ3v) is 3.61. The lowest BCUT2D eigenvalue weighted by atomic mass is 10.1. The van der Waals surface area contributed by atoms with E-state index >= 15 is 0 Å². The van der Waals surface area contributed by atoms with Gasteiger partial charge in [0.2, 0.25) is 0 Å². The standard InChI is InChI=1S/C15H24N4O2/c1-17-15(20)12-3-4-14(13(16)11-12)18-5-2-6-19-7-9-21-10-8-19/h3-4,11,18H,2,5-10,16H2,1H3,(H,17,20). The van der Waals surface area contributed by atoms with E-state index in [0.29, 0.717) is 11.3 Å². The largest absolute Gasteiger partial charge is 0.397 e. The minimum Gasteiger partial charge on any atom is -0.397 e. The van der Waals surface area contributed by atoms with Crippen molar-refractivity contribution >= 4 is 17.3 Å². The van der Waals surface area contributed by atoms with Crippen LogP contribution in [-0.2, 0) is 4.74 Å². The van der Waals surface area contributed by atoms with Crippen LogP contribution in [0.3, 0.4) is 0 Å². The van der Waals surface area contributed by atoms with Gasteiger partial charge in [-0.25, -0.2) is 0 Å². The predicted octanol–water partition coefficient (Wildman–Crippen LogP) is 0.763. The summed E-state index contributed by atoms with van der Waals surface area (Å²) in [6.45, 7) is 5.63. The maximum atomic E-state index is 11.5. The van der Waals surface area contributed by atoms with Crippen molar-refractivity contribution in [3.63, 3.8) is 0 Å². The van der Waals surface area contributed by atoms with Crippen LogP contribution in [0.4, 0.5) is 11.4 Å². The summed E-state index contributed by atoms with van der Waals surface area (Å²) in [5, 5.41) is 5.91. The number of amides is 1. The Hall–Kier alpha value is -1.79. The van der Waals surface area contributed by atoms with Crippen molar-refractivity contribution in [2.24, 2.45) is 0 Å². The van der Waals surface area contributed by atoms with Gasteiger partial charge in [0.15, 0.2) is 0 Å². The smallest absolute Gasteiger partial charge is 0.251 e. The number of nitrogens with one attached hydrogen (secondary N) is 2. The number of rotatable bonds is 6. The van der Waals surface area contributed by atoms with E-state index in [1.807, 2.05) is 6.07 Å². The fourth-order valence-electron chi connectivity index (χ4n) is 2.36. The highest BCUT2D eigenvalue weighted by Gasteiger charge is 2.09. The molecular weight excluding hydrogens is 268 g/mol. The van der Waals surface area contributed by atoms with Crippen molar-refractivity contribution in [2.45, 2.75) is 6.42 Å². The van der Waals surface area contributed by atoms with Gasteiger partial charge in [-0.15, -0.1) is 0 Å². The number of nitrogen functional groups attached to an aromatic ring is 1. The van der Waals surface area contributed by atoms with Gasteiger partial charge in [-0.05, 0) is 31.2 Å². The first kappa shape index (κ1) is 15.6. The molecule has 0 atom stereocenters. The lowest BCUT2D eigenvalue weighted by molar-refractivity contribution is 0.0378. The van der Waals surface area contributed by atoms with Crippen molar-refractivity contribution < 1.29 is 9.53 Å². The Labute approximate surface area is 125 Å². The molecule has 116 valence electrons. The molecule has 21 heavy (non-hydrogen) atoms. The summed E-state index contributed by atoms with van der Waals surface area (Å²) in [6.07, 6.45) is 1.05. The van der Waals surface area contributed by atoms with Crippen LogP contribution >= 0.6 is 0 Å². The van der Waals surface area contributed by atoms with Crippen LogP contribution in [-0.4, -0.2) is 57.2 Å². The highest BCUT2D eigenvalue weighted by molar-refractivity contribution is 5.95. The van der Waals surface area contributed by atoms with Crippen molar-refractivity contribution in [3.8, 4) is 0 Å². The summed E-state index contributed by atoms with van der Waals surface area (Å²) in [4.78, 5) is 13.9. The molecule has 1 aromatic carbocycles. The molecule has 0 bridgehead atoms. The van der Waals surface area contributed by atoms with Crippen LogP contribution in [0.5, 0.6) is 0 Å².